The van der Waals surface area contributed by atoms with Gasteiger partial charge in [-0.3, -0.25) is 5.10 Å². The highest BCUT2D eigenvalue weighted by Gasteiger charge is 2.18. The van der Waals surface area contributed by atoms with Crippen LogP contribution in [0.15, 0.2) is 33.8 Å². The van der Waals surface area contributed by atoms with Crippen molar-refractivity contribution in [3.05, 3.63) is 45.7 Å². The summed E-state index contributed by atoms with van der Waals surface area (Å²) in [6, 6.07) is 3.83. The summed E-state index contributed by atoms with van der Waals surface area (Å²) in [7, 11) is -3.80. The summed E-state index contributed by atoms with van der Waals surface area (Å²) in [5.74, 6) is -1.20. The maximum Gasteiger partial charge on any atom is 0.336 e. The van der Waals surface area contributed by atoms with E-state index in [-0.39, 0.29) is 17.0 Å². The number of sulfonamides is 1. The van der Waals surface area contributed by atoms with E-state index < -0.39 is 16.0 Å². The Morgan fingerprint density at radius 3 is 2.76 bits per heavy atom. The molecule has 3 N–H and O–H groups in total. The van der Waals surface area contributed by atoms with Crippen molar-refractivity contribution in [2.75, 3.05) is 0 Å². The Morgan fingerprint density at radius 1 is 1.48 bits per heavy atom. The number of benzene rings is 1. The van der Waals surface area contributed by atoms with Crippen LogP contribution in [0.25, 0.3) is 0 Å². The highest BCUT2D eigenvalue weighted by molar-refractivity contribution is 9.10. The molecule has 0 saturated carbocycles. The van der Waals surface area contributed by atoms with Crippen LogP contribution in [0.3, 0.4) is 0 Å². The number of aromatic nitrogens is 2. The summed E-state index contributed by atoms with van der Waals surface area (Å²) in [6.07, 6.45) is 1.53. The quantitative estimate of drug-likeness (QED) is 0.737. The summed E-state index contributed by atoms with van der Waals surface area (Å²) in [5.41, 5.74) is 1.37. The number of nitrogens with zero attached hydrogens (tertiary/aromatic N) is 1. The summed E-state index contributed by atoms with van der Waals surface area (Å²) in [4.78, 5) is 10.9. The second-order valence-corrected chi connectivity index (χ2v) is 6.91. The zero-order valence-electron chi connectivity index (χ0n) is 10.9. The van der Waals surface area contributed by atoms with Gasteiger partial charge in [0.15, 0.2) is 0 Å². The maximum atomic E-state index is 12.2. The van der Waals surface area contributed by atoms with Crippen molar-refractivity contribution in [2.24, 2.45) is 0 Å². The number of aromatic amines is 1. The first kappa shape index (κ1) is 15.7. The highest BCUT2D eigenvalue weighted by atomic mass is 79.9. The molecule has 0 unspecified atom stereocenters. The van der Waals surface area contributed by atoms with E-state index >= 15 is 0 Å². The molecule has 0 saturated heterocycles. The average Bonchev–Trinajstić information content (AvgIpc) is 2.82. The molecule has 0 atom stereocenters. The van der Waals surface area contributed by atoms with Gasteiger partial charge >= 0.3 is 5.97 Å². The number of H-pyrrole nitrogens is 1. The summed E-state index contributed by atoms with van der Waals surface area (Å²) in [6.45, 7) is 1.85. The van der Waals surface area contributed by atoms with Crippen molar-refractivity contribution >= 4 is 31.9 Å². The molecule has 112 valence electrons. The molecule has 2 rings (SSSR count). The normalized spacial score (nSPS) is 11.5. The number of rotatable bonds is 5. The van der Waals surface area contributed by atoms with Crippen molar-refractivity contribution in [2.45, 2.75) is 18.4 Å². The van der Waals surface area contributed by atoms with Crippen LogP contribution >= 0.6 is 15.9 Å². The van der Waals surface area contributed by atoms with Gasteiger partial charge in [0.2, 0.25) is 10.0 Å². The average molecular weight is 374 g/mol. The van der Waals surface area contributed by atoms with Gasteiger partial charge in [-0.25, -0.2) is 17.9 Å². The molecular weight excluding hydrogens is 362 g/mol. The molecule has 0 aliphatic heterocycles. The molecule has 1 aromatic heterocycles. The predicted molar refractivity (Wildman–Crippen MR) is 78.5 cm³/mol. The predicted octanol–water partition coefficient (Wildman–Crippen LogP) is 1.66. The molecule has 0 aliphatic carbocycles. The Labute approximate surface area is 129 Å². The minimum absolute atomic E-state index is 0.0726. The number of carboxylic acid groups (broad SMARTS) is 1. The van der Waals surface area contributed by atoms with Gasteiger partial charge in [0.1, 0.15) is 0 Å². The number of carbonyl (C=O) groups is 1. The molecule has 2 aromatic rings. The van der Waals surface area contributed by atoms with Crippen LogP contribution in [-0.4, -0.2) is 29.7 Å². The van der Waals surface area contributed by atoms with E-state index in [0.29, 0.717) is 10.0 Å². The van der Waals surface area contributed by atoms with Crippen molar-refractivity contribution in [3.63, 3.8) is 0 Å². The summed E-state index contributed by atoms with van der Waals surface area (Å²) in [5, 5.41) is 15.5. The lowest BCUT2D eigenvalue weighted by Crippen LogP contribution is -2.23. The molecule has 7 nitrogen and oxygen atoms in total. The topological polar surface area (TPSA) is 112 Å². The molecule has 0 aliphatic rings. The molecule has 21 heavy (non-hydrogen) atoms. The molecule has 1 heterocycles. The molecule has 0 amide bonds. The van der Waals surface area contributed by atoms with Crippen LogP contribution in [0.5, 0.6) is 0 Å². The van der Waals surface area contributed by atoms with E-state index in [1.165, 1.54) is 18.3 Å². The van der Waals surface area contributed by atoms with E-state index in [1.807, 2.05) is 0 Å². The molecule has 0 spiro atoms. The van der Waals surface area contributed by atoms with Gasteiger partial charge in [-0.15, -0.1) is 0 Å². The number of hydrogen-bond acceptors (Lipinski definition) is 4. The molecular formula is C12H12BrN3O4S. The van der Waals surface area contributed by atoms with Gasteiger partial charge in [-0.2, -0.15) is 5.10 Å². The first-order chi connectivity index (χ1) is 9.81. The van der Waals surface area contributed by atoms with Gasteiger partial charge in [0, 0.05) is 22.3 Å². The van der Waals surface area contributed by atoms with Crippen LogP contribution in [0.2, 0.25) is 0 Å². The first-order valence-electron chi connectivity index (χ1n) is 5.82. The number of carboxylic acids is 1. The van der Waals surface area contributed by atoms with E-state index in [9.17, 15) is 13.2 Å². The zero-order valence-corrected chi connectivity index (χ0v) is 13.3. The summed E-state index contributed by atoms with van der Waals surface area (Å²) >= 11 is 3.07. The van der Waals surface area contributed by atoms with Crippen molar-refractivity contribution in [1.82, 2.24) is 14.9 Å². The van der Waals surface area contributed by atoms with Crippen molar-refractivity contribution in [1.29, 1.82) is 0 Å². The minimum Gasteiger partial charge on any atom is -0.478 e. The third-order valence-electron chi connectivity index (χ3n) is 2.87. The van der Waals surface area contributed by atoms with Crippen LogP contribution in [0.4, 0.5) is 0 Å². The number of aryl methyl sites for hydroxylation is 1. The van der Waals surface area contributed by atoms with Crippen LogP contribution in [-0.2, 0) is 16.6 Å². The van der Waals surface area contributed by atoms with Gasteiger partial charge in [-0.1, -0.05) is 0 Å². The molecule has 9 heteroatoms. The SMILES string of the molecule is Cc1[nH]ncc1CNS(=O)(=O)c1ccc(Br)c(C(=O)O)c1. The number of nitrogens with one attached hydrogen (secondary N) is 2. The van der Waals surface area contributed by atoms with Gasteiger partial charge in [-0.05, 0) is 41.1 Å². The zero-order chi connectivity index (χ0) is 15.6. The highest BCUT2D eigenvalue weighted by Crippen LogP contribution is 2.21. The molecule has 0 bridgehead atoms. The third-order valence-corrected chi connectivity index (χ3v) is 4.96. The fourth-order valence-electron chi connectivity index (χ4n) is 1.65. The molecule has 0 fully saturated rings. The second-order valence-electron chi connectivity index (χ2n) is 4.29. The smallest absolute Gasteiger partial charge is 0.336 e. The van der Waals surface area contributed by atoms with Crippen LogP contribution in [0.1, 0.15) is 21.6 Å². The Hall–Kier alpha value is -1.71. The maximum absolute atomic E-state index is 12.2. The van der Waals surface area contributed by atoms with E-state index in [4.69, 9.17) is 5.11 Å². The molecule has 0 radical (unpaired) electrons. The first-order valence-corrected chi connectivity index (χ1v) is 8.10. The lowest BCUT2D eigenvalue weighted by Gasteiger charge is -2.08. The fourth-order valence-corrected chi connectivity index (χ4v) is 3.09. The number of hydrogen-bond donors (Lipinski definition) is 3. The van der Waals surface area contributed by atoms with E-state index in [1.54, 1.807) is 6.92 Å². The van der Waals surface area contributed by atoms with Crippen LogP contribution in [0, 0.1) is 6.92 Å². The lowest BCUT2D eigenvalue weighted by atomic mass is 10.2. The Morgan fingerprint density at radius 2 is 2.19 bits per heavy atom. The number of halogens is 1. The standard InChI is InChI=1S/C12H12BrN3O4S/c1-7-8(5-14-16-7)6-15-21(19,20)9-2-3-11(13)10(4-9)12(17)18/h2-5,15H,6H2,1H3,(H,14,16)(H,17,18). The molecule has 1 aromatic carbocycles. The fraction of sp³-hybridized carbons (Fsp3) is 0.167. The van der Waals surface area contributed by atoms with Gasteiger partial charge < -0.3 is 5.11 Å². The Balaban J connectivity index is 2.26. The number of aromatic carboxylic acids is 1. The Kier molecular flexibility index (Phi) is 4.45. The Bertz CT molecular complexity index is 786. The van der Waals surface area contributed by atoms with E-state index in [2.05, 4.69) is 30.8 Å². The third kappa shape index (κ3) is 3.49. The summed E-state index contributed by atoms with van der Waals surface area (Å²) < 4.78 is 27.1. The largest absolute Gasteiger partial charge is 0.478 e. The minimum atomic E-state index is -3.80. The van der Waals surface area contributed by atoms with E-state index in [0.717, 1.165) is 11.8 Å². The van der Waals surface area contributed by atoms with Crippen LogP contribution < -0.4 is 4.72 Å². The second kappa shape index (κ2) is 5.96. The van der Waals surface area contributed by atoms with Crippen molar-refractivity contribution in [3.8, 4) is 0 Å². The monoisotopic (exact) mass is 373 g/mol. The van der Waals surface area contributed by atoms with Crippen molar-refractivity contribution < 1.29 is 18.3 Å². The van der Waals surface area contributed by atoms with Gasteiger partial charge in [0.05, 0.1) is 16.7 Å². The van der Waals surface area contributed by atoms with Gasteiger partial charge in [0.25, 0.3) is 0 Å². The lowest BCUT2D eigenvalue weighted by molar-refractivity contribution is 0.0695.